The third-order valence-electron chi connectivity index (χ3n) is 3.55. The largest absolute Gasteiger partial charge is 0.347 e. The first-order chi connectivity index (χ1) is 9.72. The number of rotatable bonds is 1. The smallest absolute Gasteiger partial charge is 0.186 e. The standard InChI is InChI=1S/C14H17FN4S/c1-18-6-8-19(9-7-18)14-17-16-13(10-20-14)11-2-4-12(15)5-3-11/h2-5H,6-10H2,1H3. The molecule has 0 radical (unpaired) electrons. The molecule has 0 saturated carbocycles. The highest BCUT2D eigenvalue weighted by molar-refractivity contribution is 8.14. The first kappa shape index (κ1) is 13.6. The summed E-state index contributed by atoms with van der Waals surface area (Å²) < 4.78 is 12.9. The van der Waals surface area contributed by atoms with Crippen LogP contribution in [-0.4, -0.2) is 59.7 Å². The van der Waals surface area contributed by atoms with Crippen LogP contribution in [0.1, 0.15) is 5.56 Å². The van der Waals surface area contributed by atoms with Crippen molar-refractivity contribution in [1.29, 1.82) is 0 Å². The van der Waals surface area contributed by atoms with Crippen molar-refractivity contribution in [2.45, 2.75) is 0 Å². The van der Waals surface area contributed by atoms with Crippen LogP contribution in [-0.2, 0) is 0 Å². The van der Waals surface area contributed by atoms with Crippen LogP contribution in [0, 0.1) is 5.82 Å². The molecule has 6 heteroatoms. The normalized spacial score (nSPS) is 20.6. The van der Waals surface area contributed by atoms with Crippen LogP contribution in [0.4, 0.5) is 4.39 Å². The number of piperazine rings is 1. The lowest BCUT2D eigenvalue weighted by molar-refractivity contribution is 0.218. The summed E-state index contributed by atoms with van der Waals surface area (Å²) in [6.45, 7) is 4.13. The van der Waals surface area contributed by atoms with Gasteiger partial charge >= 0.3 is 0 Å². The Bertz CT molecular complexity index is 533. The molecule has 1 aromatic carbocycles. The fourth-order valence-electron chi connectivity index (χ4n) is 2.23. The van der Waals surface area contributed by atoms with Gasteiger partial charge in [-0.15, -0.1) is 5.10 Å². The number of thioether (sulfide) groups is 1. The summed E-state index contributed by atoms with van der Waals surface area (Å²) in [6.07, 6.45) is 0. The van der Waals surface area contributed by atoms with Crippen molar-refractivity contribution in [2.24, 2.45) is 10.2 Å². The molecule has 0 bridgehead atoms. The second-order valence-electron chi connectivity index (χ2n) is 5.02. The van der Waals surface area contributed by atoms with E-state index in [0.29, 0.717) is 0 Å². The minimum Gasteiger partial charge on any atom is -0.347 e. The van der Waals surface area contributed by atoms with E-state index < -0.39 is 0 Å². The summed E-state index contributed by atoms with van der Waals surface area (Å²) in [5, 5.41) is 9.65. The van der Waals surface area contributed by atoms with Gasteiger partial charge in [-0.05, 0) is 24.7 Å². The molecule has 4 nitrogen and oxygen atoms in total. The third kappa shape index (κ3) is 3.02. The summed E-state index contributed by atoms with van der Waals surface area (Å²) >= 11 is 1.71. The van der Waals surface area contributed by atoms with E-state index in [1.165, 1.54) is 12.1 Å². The van der Waals surface area contributed by atoms with Gasteiger partial charge < -0.3 is 9.80 Å². The fraction of sp³-hybridized carbons (Fsp3) is 0.429. The van der Waals surface area contributed by atoms with Crippen LogP contribution in [0.2, 0.25) is 0 Å². The van der Waals surface area contributed by atoms with Crippen LogP contribution >= 0.6 is 11.8 Å². The molecule has 0 aromatic heterocycles. The molecule has 2 heterocycles. The number of hydrogen-bond donors (Lipinski definition) is 0. The van der Waals surface area contributed by atoms with E-state index in [-0.39, 0.29) is 5.82 Å². The number of hydrogen-bond acceptors (Lipinski definition) is 5. The summed E-state index contributed by atoms with van der Waals surface area (Å²) in [7, 11) is 2.14. The van der Waals surface area contributed by atoms with Gasteiger partial charge in [-0.1, -0.05) is 23.9 Å². The number of halogens is 1. The van der Waals surface area contributed by atoms with Crippen molar-refractivity contribution in [1.82, 2.24) is 9.80 Å². The third-order valence-corrected chi connectivity index (χ3v) is 4.56. The van der Waals surface area contributed by atoms with Crippen LogP contribution in [0.5, 0.6) is 0 Å². The Balaban J connectivity index is 1.71. The van der Waals surface area contributed by atoms with Gasteiger partial charge in [0.25, 0.3) is 0 Å². The monoisotopic (exact) mass is 292 g/mol. The molecule has 20 heavy (non-hydrogen) atoms. The van der Waals surface area contributed by atoms with E-state index in [1.807, 2.05) is 0 Å². The molecule has 106 valence electrons. The molecule has 0 atom stereocenters. The molecule has 0 spiro atoms. The lowest BCUT2D eigenvalue weighted by Gasteiger charge is -2.34. The number of benzene rings is 1. The van der Waals surface area contributed by atoms with E-state index in [1.54, 1.807) is 23.9 Å². The maximum absolute atomic E-state index is 12.9. The molecule has 0 aliphatic carbocycles. The number of amidine groups is 1. The first-order valence-electron chi connectivity index (χ1n) is 6.69. The van der Waals surface area contributed by atoms with E-state index in [2.05, 4.69) is 27.1 Å². The molecular weight excluding hydrogens is 275 g/mol. The van der Waals surface area contributed by atoms with Crippen LogP contribution < -0.4 is 0 Å². The van der Waals surface area contributed by atoms with Gasteiger partial charge in [0, 0.05) is 31.9 Å². The summed E-state index contributed by atoms with van der Waals surface area (Å²) in [5.41, 5.74) is 1.85. The molecular formula is C14H17FN4S. The Kier molecular flexibility index (Phi) is 4.03. The van der Waals surface area contributed by atoms with Gasteiger partial charge in [-0.3, -0.25) is 0 Å². The zero-order valence-corrected chi connectivity index (χ0v) is 12.2. The highest BCUT2D eigenvalue weighted by Gasteiger charge is 2.21. The predicted octanol–water partition coefficient (Wildman–Crippen LogP) is 1.88. The van der Waals surface area contributed by atoms with Crippen molar-refractivity contribution >= 4 is 22.6 Å². The molecule has 2 aliphatic heterocycles. The second-order valence-corrected chi connectivity index (χ2v) is 5.96. The number of likely N-dealkylation sites (N-methyl/N-ethyl adjacent to an activating group) is 1. The Labute approximate surface area is 122 Å². The van der Waals surface area contributed by atoms with E-state index in [0.717, 1.165) is 48.4 Å². The van der Waals surface area contributed by atoms with Gasteiger partial charge in [0.1, 0.15) is 5.82 Å². The highest BCUT2D eigenvalue weighted by Crippen LogP contribution is 2.19. The van der Waals surface area contributed by atoms with E-state index in [4.69, 9.17) is 0 Å². The Hall–Kier alpha value is -1.40. The summed E-state index contributed by atoms with van der Waals surface area (Å²) in [5.74, 6) is 0.566. The van der Waals surface area contributed by atoms with Crippen LogP contribution in [0.3, 0.4) is 0 Å². The van der Waals surface area contributed by atoms with Gasteiger partial charge in [0.2, 0.25) is 0 Å². The van der Waals surface area contributed by atoms with Crippen molar-refractivity contribution in [2.75, 3.05) is 39.0 Å². The second kappa shape index (κ2) is 5.93. The molecule has 0 unspecified atom stereocenters. The molecule has 1 saturated heterocycles. The lowest BCUT2D eigenvalue weighted by atomic mass is 10.1. The van der Waals surface area contributed by atoms with Gasteiger partial charge in [0.05, 0.1) is 5.71 Å². The van der Waals surface area contributed by atoms with Gasteiger partial charge in [0.15, 0.2) is 5.17 Å². The topological polar surface area (TPSA) is 31.2 Å². The molecule has 0 N–H and O–H groups in total. The SMILES string of the molecule is CN1CCN(C2=NN=C(c3ccc(F)cc3)CS2)CC1. The minimum atomic E-state index is -0.223. The van der Waals surface area contributed by atoms with Gasteiger partial charge in [-0.25, -0.2) is 4.39 Å². The molecule has 3 rings (SSSR count). The Morgan fingerprint density at radius 1 is 1.05 bits per heavy atom. The molecule has 1 fully saturated rings. The molecule has 1 aromatic rings. The first-order valence-corrected chi connectivity index (χ1v) is 7.68. The summed E-state index contributed by atoms with van der Waals surface area (Å²) in [4.78, 5) is 4.60. The Morgan fingerprint density at radius 2 is 1.75 bits per heavy atom. The zero-order valence-electron chi connectivity index (χ0n) is 11.4. The van der Waals surface area contributed by atoms with Gasteiger partial charge in [-0.2, -0.15) is 5.10 Å². The lowest BCUT2D eigenvalue weighted by Crippen LogP contribution is -2.46. The summed E-state index contributed by atoms with van der Waals surface area (Å²) in [6, 6.07) is 6.43. The van der Waals surface area contributed by atoms with Crippen molar-refractivity contribution in [3.8, 4) is 0 Å². The van der Waals surface area contributed by atoms with Crippen molar-refractivity contribution in [3.05, 3.63) is 35.6 Å². The van der Waals surface area contributed by atoms with Crippen LogP contribution in [0.15, 0.2) is 34.5 Å². The van der Waals surface area contributed by atoms with Crippen molar-refractivity contribution < 1.29 is 4.39 Å². The Morgan fingerprint density at radius 3 is 2.35 bits per heavy atom. The average molecular weight is 292 g/mol. The van der Waals surface area contributed by atoms with Crippen molar-refractivity contribution in [3.63, 3.8) is 0 Å². The molecule has 0 amide bonds. The maximum atomic E-state index is 12.9. The zero-order chi connectivity index (χ0) is 13.9. The minimum absolute atomic E-state index is 0.223. The number of nitrogens with zero attached hydrogens (tertiary/aromatic N) is 4. The highest BCUT2D eigenvalue weighted by atomic mass is 32.2. The molecule has 2 aliphatic rings. The average Bonchev–Trinajstić information content (AvgIpc) is 2.49. The van der Waals surface area contributed by atoms with E-state index in [9.17, 15) is 4.39 Å². The van der Waals surface area contributed by atoms with E-state index >= 15 is 0 Å². The fourth-order valence-corrected chi connectivity index (χ4v) is 3.18. The maximum Gasteiger partial charge on any atom is 0.186 e. The quantitative estimate of drug-likeness (QED) is 0.792. The van der Waals surface area contributed by atoms with Crippen LogP contribution in [0.25, 0.3) is 0 Å². The predicted molar refractivity (Wildman–Crippen MR) is 81.9 cm³/mol.